The number of nitrogen functional groups attached to an aromatic ring is 1. The Kier molecular flexibility index (Phi) is 6.50. The van der Waals surface area contributed by atoms with E-state index in [1.54, 1.807) is 23.8 Å². The molecule has 0 aliphatic rings. The largest absolute Gasteiger partial charge is 0.497 e. The predicted molar refractivity (Wildman–Crippen MR) is 142 cm³/mol. The standard InChI is InChI=1S/C26H23N7O2S/c1-16-8-3-5-12-20(16)28-25-31-22(30-24(27)32-25)15-36-26-29-21-13-6-4-11-19(21)23(34)33(26)17-9-7-10-18(14-17)35-2/h3-14H,15H2,1-2H3,(H3,27,28,30,31,32). The number of para-hydroxylation sites is 2. The second-order valence-electron chi connectivity index (χ2n) is 7.92. The SMILES string of the molecule is COc1cccc(-n2c(SCc3nc(N)nc(Nc4ccccc4C)n3)nc3ccccc3c2=O)c1. The molecule has 2 aromatic heterocycles. The Morgan fingerprint density at radius 3 is 2.61 bits per heavy atom. The van der Waals surface area contributed by atoms with Crippen LogP contribution in [-0.2, 0) is 5.75 Å². The van der Waals surface area contributed by atoms with Crippen molar-refractivity contribution < 1.29 is 4.74 Å². The number of anilines is 3. The van der Waals surface area contributed by atoms with Crippen molar-refractivity contribution in [2.24, 2.45) is 0 Å². The van der Waals surface area contributed by atoms with Crippen LogP contribution in [0, 0.1) is 6.92 Å². The van der Waals surface area contributed by atoms with Crippen LogP contribution in [0.4, 0.5) is 17.6 Å². The number of nitrogens with two attached hydrogens (primary N) is 1. The quantitative estimate of drug-likeness (QED) is 0.247. The van der Waals surface area contributed by atoms with Crippen molar-refractivity contribution in [3.8, 4) is 11.4 Å². The molecule has 0 spiro atoms. The zero-order chi connectivity index (χ0) is 25.1. The zero-order valence-electron chi connectivity index (χ0n) is 19.7. The van der Waals surface area contributed by atoms with Crippen LogP contribution in [-0.4, -0.2) is 31.6 Å². The van der Waals surface area contributed by atoms with E-state index in [9.17, 15) is 4.79 Å². The fourth-order valence-electron chi connectivity index (χ4n) is 3.71. The molecule has 0 bridgehead atoms. The van der Waals surface area contributed by atoms with Crippen molar-refractivity contribution in [1.29, 1.82) is 0 Å². The van der Waals surface area contributed by atoms with E-state index in [4.69, 9.17) is 15.5 Å². The number of methoxy groups -OCH3 is 1. The van der Waals surface area contributed by atoms with Gasteiger partial charge in [-0.25, -0.2) is 4.98 Å². The summed E-state index contributed by atoms with van der Waals surface area (Å²) in [5.41, 5.74) is 9.00. The number of thioether (sulfide) groups is 1. The highest BCUT2D eigenvalue weighted by Crippen LogP contribution is 2.26. The summed E-state index contributed by atoms with van der Waals surface area (Å²) in [5.74, 6) is 1.88. The normalized spacial score (nSPS) is 10.9. The Morgan fingerprint density at radius 2 is 1.78 bits per heavy atom. The second kappa shape index (κ2) is 10.0. The molecule has 9 nitrogen and oxygen atoms in total. The van der Waals surface area contributed by atoms with Crippen LogP contribution in [0.3, 0.4) is 0 Å². The van der Waals surface area contributed by atoms with Gasteiger partial charge in [-0.2, -0.15) is 15.0 Å². The summed E-state index contributed by atoms with van der Waals surface area (Å²) in [5, 5.41) is 4.22. The average Bonchev–Trinajstić information content (AvgIpc) is 2.89. The molecular weight excluding hydrogens is 474 g/mol. The Balaban J connectivity index is 1.51. The smallest absolute Gasteiger partial charge is 0.266 e. The lowest BCUT2D eigenvalue weighted by Gasteiger charge is -2.14. The van der Waals surface area contributed by atoms with E-state index in [1.807, 2.05) is 67.6 Å². The van der Waals surface area contributed by atoms with Crippen molar-refractivity contribution in [2.75, 3.05) is 18.2 Å². The van der Waals surface area contributed by atoms with Crippen molar-refractivity contribution in [3.63, 3.8) is 0 Å². The van der Waals surface area contributed by atoms with Crippen LogP contribution in [0.25, 0.3) is 16.6 Å². The minimum absolute atomic E-state index is 0.105. The van der Waals surface area contributed by atoms with E-state index in [1.165, 1.54) is 11.8 Å². The number of nitrogens with one attached hydrogen (secondary N) is 1. The van der Waals surface area contributed by atoms with E-state index in [-0.39, 0.29) is 11.5 Å². The number of rotatable bonds is 7. The summed E-state index contributed by atoms with van der Waals surface area (Å²) in [6.45, 7) is 1.99. The highest BCUT2D eigenvalue weighted by molar-refractivity contribution is 7.98. The number of hydrogen-bond donors (Lipinski definition) is 2. The topological polar surface area (TPSA) is 121 Å². The molecule has 0 aliphatic carbocycles. The van der Waals surface area contributed by atoms with Crippen molar-refractivity contribution in [2.45, 2.75) is 17.8 Å². The van der Waals surface area contributed by atoms with Gasteiger partial charge in [0.15, 0.2) is 5.16 Å². The van der Waals surface area contributed by atoms with Crippen LogP contribution < -0.4 is 21.3 Å². The molecule has 0 unspecified atom stereocenters. The summed E-state index contributed by atoms with van der Waals surface area (Å²) < 4.78 is 6.94. The lowest BCUT2D eigenvalue weighted by molar-refractivity contribution is 0.414. The Morgan fingerprint density at radius 1 is 0.972 bits per heavy atom. The molecule has 5 aromatic rings. The first kappa shape index (κ1) is 23.3. The number of ether oxygens (including phenoxy) is 1. The van der Waals surface area contributed by atoms with Gasteiger partial charge in [-0.1, -0.05) is 48.2 Å². The van der Waals surface area contributed by atoms with Gasteiger partial charge in [-0.15, -0.1) is 0 Å². The van der Waals surface area contributed by atoms with Gasteiger partial charge >= 0.3 is 0 Å². The van der Waals surface area contributed by atoms with Crippen molar-refractivity contribution in [1.82, 2.24) is 24.5 Å². The van der Waals surface area contributed by atoms with Crippen LogP contribution in [0.1, 0.15) is 11.4 Å². The van der Waals surface area contributed by atoms with Crippen LogP contribution in [0.5, 0.6) is 5.75 Å². The molecule has 0 saturated carbocycles. The molecule has 2 heterocycles. The maximum atomic E-state index is 13.5. The van der Waals surface area contributed by atoms with Gasteiger partial charge < -0.3 is 15.8 Å². The Hall–Kier alpha value is -4.44. The molecule has 10 heteroatoms. The maximum Gasteiger partial charge on any atom is 0.266 e. The van der Waals surface area contributed by atoms with Crippen molar-refractivity contribution in [3.05, 3.63) is 94.5 Å². The first-order chi connectivity index (χ1) is 17.5. The number of benzene rings is 3. The predicted octanol–water partition coefficient (Wildman–Crippen LogP) is 4.51. The lowest BCUT2D eigenvalue weighted by atomic mass is 10.2. The molecule has 5 rings (SSSR count). The first-order valence-corrected chi connectivity index (χ1v) is 12.1. The van der Waals surface area contributed by atoms with Crippen LogP contribution in [0.2, 0.25) is 0 Å². The minimum Gasteiger partial charge on any atom is -0.497 e. The van der Waals surface area contributed by atoms with E-state index in [2.05, 4.69) is 20.3 Å². The molecule has 0 atom stereocenters. The first-order valence-electron chi connectivity index (χ1n) is 11.1. The number of fused-ring (bicyclic) bond motifs is 1. The minimum atomic E-state index is -0.173. The van der Waals surface area contributed by atoms with E-state index in [0.717, 1.165) is 11.3 Å². The van der Waals surface area contributed by atoms with Gasteiger partial charge in [0, 0.05) is 11.8 Å². The van der Waals surface area contributed by atoms with Gasteiger partial charge in [-0.05, 0) is 42.8 Å². The monoisotopic (exact) mass is 497 g/mol. The zero-order valence-corrected chi connectivity index (χ0v) is 20.5. The molecule has 0 aliphatic heterocycles. The van der Waals surface area contributed by atoms with Crippen molar-refractivity contribution >= 4 is 40.2 Å². The summed E-state index contributed by atoms with van der Waals surface area (Å²) in [7, 11) is 1.59. The average molecular weight is 498 g/mol. The van der Waals surface area contributed by atoms with Crippen LogP contribution >= 0.6 is 11.8 Å². The van der Waals surface area contributed by atoms with Gasteiger partial charge in [0.1, 0.15) is 11.6 Å². The lowest BCUT2D eigenvalue weighted by Crippen LogP contribution is -2.21. The van der Waals surface area contributed by atoms with E-state index >= 15 is 0 Å². The molecule has 0 fully saturated rings. The fraction of sp³-hybridized carbons (Fsp3) is 0.115. The number of nitrogens with zero attached hydrogens (tertiary/aromatic N) is 5. The fourth-order valence-corrected chi connectivity index (χ4v) is 4.58. The third-order valence-electron chi connectivity index (χ3n) is 5.48. The van der Waals surface area contributed by atoms with Crippen LogP contribution in [0.15, 0.2) is 82.7 Å². The van der Waals surface area contributed by atoms with Gasteiger partial charge in [-0.3, -0.25) is 9.36 Å². The summed E-state index contributed by atoms with van der Waals surface area (Å²) in [4.78, 5) is 31.3. The van der Waals surface area contributed by atoms with Gasteiger partial charge in [0.2, 0.25) is 11.9 Å². The summed E-state index contributed by atoms with van der Waals surface area (Å²) >= 11 is 1.34. The third kappa shape index (κ3) is 4.84. The Labute approximate surface area is 211 Å². The molecule has 0 saturated heterocycles. The third-order valence-corrected chi connectivity index (χ3v) is 6.41. The second-order valence-corrected chi connectivity index (χ2v) is 8.86. The summed E-state index contributed by atoms with van der Waals surface area (Å²) in [6.07, 6.45) is 0. The van der Waals surface area contributed by atoms with Gasteiger partial charge in [0.05, 0.1) is 29.5 Å². The Bertz CT molecular complexity index is 1620. The highest BCUT2D eigenvalue weighted by Gasteiger charge is 2.15. The molecule has 3 N–H and O–H groups in total. The number of aryl methyl sites for hydroxylation is 1. The highest BCUT2D eigenvalue weighted by atomic mass is 32.2. The van der Waals surface area contributed by atoms with E-state index in [0.29, 0.717) is 45.0 Å². The number of hydrogen-bond acceptors (Lipinski definition) is 9. The molecular formula is C26H23N7O2S. The molecule has 0 amide bonds. The van der Waals surface area contributed by atoms with E-state index < -0.39 is 0 Å². The molecule has 3 aromatic carbocycles. The summed E-state index contributed by atoms with van der Waals surface area (Å²) in [6, 6.07) is 22.4. The van der Waals surface area contributed by atoms with Gasteiger partial charge in [0.25, 0.3) is 5.56 Å². The molecule has 180 valence electrons. The molecule has 0 radical (unpaired) electrons. The molecule has 36 heavy (non-hydrogen) atoms. The number of aromatic nitrogens is 5. The maximum absolute atomic E-state index is 13.5.